The molecule has 2 aromatic rings. The van der Waals surface area contributed by atoms with Crippen molar-refractivity contribution in [1.82, 2.24) is 10.9 Å². The second-order valence-corrected chi connectivity index (χ2v) is 8.25. The molecule has 32 heavy (non-hydrogen) atoms. The first-order chi connectivity index (χ1) is 15.5. The molecule has 0 bridgehead atoms. The summed E-state index contributed by atoms with van der Waals surface area (Å²) in [6.45, 7) is 2.93. The first-order valence-electron chi connectivity index (χ1n) is 10.3. The van der Waals surface area contributed by atoms with Gasteiger partial charge in [-0.3, -0.25) is 19.9 Å². The molecule has 2 aliphatic rings. The number of nitrogens with one attached hydrogen (secondary N) is 2. The Labute approximate surface area is 189 Å². The molecule has 4 rings (SSSR count). The summed E-state index contributed by atoms with van der Waals surface area (Å²) in [6, 6.07) is 12.9. The molecule has 0 aromatic heterocycles. The number of nitrogens with zero attached hydrogens (tertiary/aromatic N) is 3. The summed E-state index contributed by atoms with van der Waals surface area (Å²) in [6.07, 6.45) is -0.381. The maximum Gasteiger partial charge on any atom is 0.241 e. The van der Waals surface area contributed by atoms with E-state index in [0.717, 1.165) is 0 Å². The number of benzene rings is 2. The van der Waals surface area contributed by atoms with E-state index in [2.05, 4.69) is 15.8 Å². The second-order valence-electron chi connectivity index (χ2n) is 7.31. The monoisotopic (exact) mass is 457 g/mol. The molecule has 2 atom stereocenters. The number of carbonyl (C=O) groups excluding carboxylic acids is 2. The fourth-order valence-electron chi connectivity index (χ4n) is 3.50. The van der Waals surface area contributed by atoms with Gasteiger partial charge in [0.1, 0.15) is 17.7 Å². The molecule has 10 heteroatoms. The van der Waals surface area contributed by atoms with Crippen LogP contribution < -0.4 is 25.4 Å². The summed E-state index contributed by atoms with van der Waals surface area (Å²) in [7, 11) is 1.63. The van der Waals surface area contributed by atoms with Crippen LogP contribution in [0.2, 0.25) is 0 Å². The summed E-state index contributed by atoms with van der Waals surface area (Å²) in [5.41, 5.74) is 7.24. The number of amidine groups is 1. The number of ether oxygens (including phenoxy) is 1. The Bertz CT molecular complexity index is 1020. The lowest BCUT2D eigenvalue weighted by Gasteiger charge is -2.32. The van der Waals surface area contributed by atoms with Crippen molar-refractivity contribution in [3.8, 4) is 5.75 Å². The van der Waals surface area contributed by atoms with Gasteiger partial charge in [-0.05, 0) is 55.5 Å². The summed E-state index contributed by atoms with van der Waals surface area (Å²) in [5.74, 6) is -0.194. The van der Waals surface area contributed by atoms with Crippen LogP contribution in [0.15, 0.2) is 53.5 Å². The van der Waals surface area contributed by atoms with Crippen molar-refractivity contribution in [1.29, 1.82) is 0 Å². The molecule has 2 heterocycles. The number of fused-ring (bicyclic) bond motifs is 1. The molecule has 0 aliphatic carbocycles. The smallest absolute Gasteiger partial charge is 0.241 e. The van der Waals surface area contributed by atoms with Crippen LogP contribution in [-0.2, 0) is 9.59 Å². The lowest BCUT2D eigenvalue weighted by molar-refractivity contribution is -0.121. The standard InChI is InChI=1S/C22H24FN5O3S/c1-3-31-17-10-8-16(9-11-17)28-21(30)18-12-24-26-20(18)25-22(28)32-13-19(29)27(2)15-6-4-14(23)5-7-15/h4-11,18,20,24,26H,3,12-13H2,1-2H3. The lowest BCUT2D eigenvalue weighted by atomic mass is 10.0. The fourth-order valence-corrected chi connectivity index (χ4v) is 4.46. The SMILES string of the molecule is CCOc1ccc(N2C(=O)C3CNNC3N=C2SCC(=O)N(C)c2ccc(F)cc2)cc1. The van der Waals surface area contributed by atoms with Crippen LogP contribution in [0, 0.1) is 11.7 Å². The highest BCUT2D eigenvalue weighted by Gasteiger charge is 2.42. The summed E-state index contributed by atoms with van der Waals surface area (Å²) >= 11 is 1.19. The van der Waals surface area contributed by atoms with E-state index in [1.807, 2.05) is 19.1 Å². The summed E-state index contributed by atoms with van der Waals surface area (Å²) in [5, 5.41) is 0.442. The van der Waals surface area contributed by atoms with Crippen LogP contribution in [0.4, 0.5) is 15.8 Å². The van der Waals surface area contributed by atoms with Crippen molar-refractivity contribution in [3.05, 3.63) is 54.3 Å². The second kappa shape index (κ2) is 9.68. The molecule has 1 saturated heterocycles. The van der Waals surface area contributed by atoms with Gasteiger partial charge in [-0.15, -0.1) is 0 Å². The Balaban J connectivity index is 1.53. The van der Waals surface area contributed by atoms with Crippen molar-refractivity contribution < 1.29 is 18.7 Å². The van der Waals surface area contributed by atoms with Gasteiger partial charge in [0.2, 0.25) is 11.8 Å². The number of hydrogen-bond acceptors (Lipinski definition) is 7. The minimum atomic E-state index is -0.381. The van der Waals surface area contributed by atoms with Gasteiger partial charge in [0.05, 0.1) is 24.0 Å². The van der Waals surface area contributed by atoms with Gasteiger partial charge in [0.25, 0.3) is 0 Å². The molecular weight excluding hydrogens is 433 g/mol. The fraction of sp³-hybridized carbons (Fsp3) is 0.318. The lowest BCUT2D eigenvalue weighted by Crippen LogP contribution is -2.49. The van der Waals surface area contributed by atoms with Gasteiger partial charge in [-0.2, -0.15) is 0 Å². The quantitative estimate of drug-likeness (QED) is 0.693. The molecule has 2 unspecified atom stereocenters. The van der Waals surface area contributed by atoms with Gasteiger partial charge in [-0.1, -0.05) is 11.8 Å². The normalized spacial score (nSPS) is 20.0. The molecule has 2 N–H and O–H groups in total. The average Bonchev–Trinajstić information content (AvgIpc) is 3.27. The Morgan fingerprint density at radius 2 is 1.97 bits per heavy atom. The third-order valence-corrected chi connectivity index (χ3v) is 6.19. The molecule has 0 spiro atoms. The van der Waals surface area contributed by atoms with E-state index in [1.165, 1.54) is 28.8 Å². The Morgan fingerprint density at radius 1 is 1.25 bits per heavy atom. The van der Waals surface area contributed by atoms with Crippen molar-refractivity contribution in [3.63, 3.8) is 0 Å². The molecule has 2 aromatic carbocycles. The van der Waals surface area contributed by atoms with Crippen LogP contribution in [0.5, 0.6) is 5.75 Å². The van der Waals surface area contributed by atoms with Crippen molar-refractivity contribution in [2.24, 2.45) is 10.9 Å². The molecule has 8 nitrogen and oxygen atoms in total. The Morgan fingerprint density at radius 3 is 2.66 bits per heavy atom. The first kappa shape index (κ1) is 22.3. The van der Waals surface area contributed by atoms with E-state index in [4.69, 9.17) is 4.74 Å². The minimum Gasteiger partial charge on any atom is -0.494 e. The van der Waals surface area contributed by atoms with Crippen LogP contribution in [0.3, 0.4) is 0 Å². The largest absolute Gasteiger partial charge is 0.494 e. The van der Waals surface area contributed by atoms with Crippen molar-refractivity contribution >= 4 is 40.1 Å². The minimum absolute atomic E-state index is 0.0678. The van der Waals surface area contributed by atoms with E-state index in [0.29, 0.717) is 35.4 Å². The van der Waals surface area contributed by atoms with Gasteiger partial charge in [-0.25, -0.2) is 14.8 Å². The number of thioether (sulfide) groups is 1. The van der Waals surface area contributed by atoms with Crippen molar-refractivity contribution in [2.45, 2.75) is 13.1 Å². The zero-order valence-corrected chi connectivity index (χ0v) is 18.6. The predicted molar refractivity (Wildman–Crippen MR) is 123 cm³/mol. The highest BCUT2D eigenvalue weighted by atomic mass is 32.2. The topological polar surface area (TPSA) is 86.3 Å². The number of anilines is 2. The third kappa shape index (κ3) is 4.62. The molecule has 168 valence electrons. The molecule has 0 radical (unpaired) electrons. The maximum absolute atomic E-state index is 13.3. The van der Waals surface area contributed by atoms with Gasteiger partial charge >= 0.3 is 0 Å². The molecule has 2 amide bonds. The number of amides is 2. The van der Waals surface area contributed by atoms with E-state index >= 15 is 0 Å². The van der Waals surface area contributed by atoms with Crippen molar-refractivity contribution in [2.75, 3.05) is 35.8 Å². The number of hydrogen-bond donors (Lipinski definition) is 2. The van der Waals surface area contributed by atoms with Crippen LogP contribution in [-0.4, -0.2) is 49.1 Å². The summed E-state index contributed by atoms with van der Waals surface area (Å²) in [4.78, 5) is 33.7. The highest BCUT2D eigenvalue weighted by Crippen LogP contribution is 2.30. The molecule has 2 aliphatic heterocycles. The predicted octanol–water partition coefficient (Wildman–Crippen LogP) is 2.37. The maximum atomic E-state index is 13.3. The number of hydrazine groups is 1. The van der Waals surface area contributed by atoms with E-state index in [1.54, 1.807) is 36.2 Å². The van der Waals surface area contributed by atoms with E-state index < -0.39 is 0 Å². The molecule has 0 saturated carbocycles. The number of carbonyl (C=O) groups is 2. The highest BCUT2D eigenvalue weighted by molar-refractivity contribution is 8.14. The van der Waals surface area contributed by atoms with Gasteiger partial charge in [0.15, 0.2) is 5.17 Å². The Kier molecular flexibility index (Phi) is 6.73. The summed E-state index contributed by atoms with van der Waals surface area (Å²) < 4.78 is 18.7. The zero-order chi connectivity index (χ0) is 22.7. The molecule has 1 fully saturated rings. The van der Waals surface area contributed by atoms with Crippen LogP contribution in [0.25, 0.3) is 0 Å². The van der Waals surface area contributed by atoms with E-state index in [-0.39, 0.29) is 35.5 Å². The Hall–Kier alpha value is -2.95. The van der Waals surface area contributed by atoms with E-state index in [9.17, 15) is 14.0 Å². The molecular formula is C22H24FN5O3S. The van der Waals surface area contributed by atoms with Gasteiger partial charge < -0.3 is 9.64 Å². The number of halogens is 1. The first-order valence-corrected chi connectivity index (χ1v) is 11.2. The van der Waals surface area contributed by atoms with Gasteiger partial charge in [0, 0.05) is 19.3 Å². The average molecular weight is 458 g/mol. The van der Waals surface area contributed by atoms with Crippen LogP contribution >= 0.6 is 11.8 Å². The third-order valence-electron chi connectivity index (χ3n) is 5.25. The zero-order valence-electron chi connectivity index (χ0n) is 17.7. The number of rotatable bonds is 6. The van der Waals surface area contributed by atoms with Crippen LogP contribution in [0.1, 0.15) is 6.92 Å². The number of aliphatic imine (C=N–C) groups is 1.